The Morgan fingerprint density at radius 1 is 1.03 bits per heavy atom. The molecule has 0 aromatic heterocycles. The van der Waals surface area contributed by atoms with Crippen LogP contribution >= 0.6 is 0 Å². The topological polar surface area (TPSA) is 61.9 Å². The molecule has 0 spiro atoms. The summed E-state index contributed by atoms with van der Waals surface area (Å²) in [7, 11) is 1.58. The highest BCUT2D eigenvalue weighted by molar-refractivity contribution is 6.01. The van der Waals surface area contributed by atoms with Crippen LogP contribution < -0.4 is 10.2 Å². The first-order valence-corrected chi connectivity index (χ1v) is 12.8. The summed E-state index contributed by atoms with van der Waals surface area (Å²) in [4.78, 5) is 31.2. The number of hydrogen-bond acceptors (Lipinski definition) is 4. The van der Waals surface area contributed by atoms with Gasteiger partial charge in [0.1, 0.15) is 5.82 Å². The predicted octanol–water partition coefficient (Wildman–Crippen LogP) is 4.79. The van der Waals surface area contributed by atoms with Crippen molar-refractivity contribution in [3.8, 4) is 0 Å². The number of ether oxygens (including phenoxy) is 1. The molecule has 0 fully saturated rings. The molecule has 2 amide bonds. The van der Waals surface area contributed by atoms with Gasteiger partial charge in [-0.2, -0.15) is 0 Å². The van der Waals surface area contributed by atoms with Gasteiger partial charge in [-0.1, -0.05) is 48.5 Å². The van der Waals surface area contributed by atoms with E-state index in [1.54, 1.807) is 36.3 Å². The molecule has 0 radical (unpaired) electrons. The molecule has 0 unspecified atom stereocenters. The number of nitrogens with zero attached hydrogens (tertiary/aromatic N) is 2. The lowest BCUT2D eigenvalue weighted by atomic mass is 9.79. The van der Waals surface area contributed by atoms with E-state index in [-0.39, 0.29) is 17.6 Å². The second kappa shape index (κ2) is 12.5. The summed E-state index contributed by atoms with van der Waals surface area (Å²) in [6, 6.07) is 22.9. The fraction of sp³-hybridized carbons (Fsp3) is 0.333. The number of methoxy groups -OCH3 is 1. The van der Waals surface area contributed by atoms with Crippen LogP contribution in [0.4, 0.5) is 10.1 Å². The number of nitrogens with one attached hydrogen (secondary N) is 1. The monoisotopic (exact) mass is 503 g/mol. The molecule has 7 heteroatoms. The third-order valence-corrected chi connectivity index (χ3v) is 6.88. The van der Waals surface area contributed by atoms with Crippen molar-refractivity contribution < 1.29 is 18.7 Å². The van der Waals surface area contributed by atoms with Crippen molar-refractivity contribution in [3.05, 3.63) is 101 Å². The third kappa shape index (κ3) is 6.00. The lowest BCUT2D eigenvalue weighted by Crippen LogP contribution is -2.48. The summed E-state index contributed by atoms with van der Waals surface area (Å²) in [6.07, 6.45) is 0.774. The zero-order chi connectivity index (χ0) is 26.2. The van der Waals surface area contributed by atoms with E-state index < -0.39 is 12.0 Å². The average Bonchev–Trinajstić information content (AvgIpc) is 2.93. The largest absolute Gasteiger partial charge is 0.383 e. The summed E-state index contributed by atoms with van der Waals surface area (Å²) in [5, 5.41) is 3.12. The first-order valence-electron chi connectivity index (χ1n) is 12.8. The molecule has 194 valence electrons. The zero-order valence-electron chi connectivity index (χ0n) is 21.4. The lowest BCUT2D eigenvalue weighted by Gasteiger charge is -2.41. The van der Waals surface area contributed by atoms with Crippen molar-refractivity contribution >= 4 is 17.5 Å². The van der Waals surface area contributed by atoms with E-state index in [1.807, 2.05) is 30.3 Å². The molecule has 4 rings (SSSR count). The van der Waals surface area contributed by atoms with Gasteiger partial charge >= 0.3 is 0 Å². The summed E-state index contributed by atoms with van der Waals surface area (Å²) in [5.74, 6) is -1.31. The van der Waals surface area contributed by atoms with Crippen molar-refractivity contribution in [1.29, 1.82) is 0 Å². The van der Waals surface area contributed by atoms with E-state index in [9.17, 15) is 14.0 Å². The van der Waals surface area contributed by atoms with Gasteiger partial charge in [-0.3, -0.25) is 9.59 Å². The minimum atomic E-state index is -0.632. The number of carbonyl (C=O) groups is 2. The molecule has 1 N–H and O–H groups in total. The number of fused-ring (bicyclic) bond motifs is 1. The first kappa shape index (κ1) is 26.4. The summed E-state index contributed by atoms with van der Waals surface area (Å²) in [5.41, 5.74) is 3.06. The normalized spacial score (nSPS) is 16.8. The molecule has 2 atom stereocenters. The standard InChI is InChI=1S/C30H34FN3O3/c1-3-33(24-10-5-4-6-11-24)19-9-18-32-29(35)27-25-12-7-8-13-26(25)30(36)34(20-21-37-2)28(27)22-14-16-23(31)17-15-22/h4-8,10-17,27-28H,3,9,18-21H2,1-2H3,(H,32,35)/t27-,28-/m0/s1. The lowest BCUT2D eigenvalue weighted by molar-refractivity contribution is -0.124. The maximum Gasteiger partial charge on any atom is 0.254 e. The Kier molecular flexibility index (Phi) is 8.90. The van der Waals surface area contributed by atoms with E-state index in [0.717, 1.165) is 25.2 Å². The Labute approximate surface area is 218 Å². The molecule has 0 bridgehead atoms. The Bertz CT molecular complexity index is 1190. The van der Waals surface area contributed by atoms with Gasteiger partial charge in [0.2, 0.25) is 5.91 Å². The summed E-state index contributed by atoms with van der Waals surface area (Å²) >= 11 is 0. The molecule has 6 nitrogen and oxygen atoms in total. The fourth-order valence-corrected chi connectivity index (χ4v) is 5.04. The number of para-hydroxylation sites is 1. The van der Waals surface area contributed by atoms with Gasteiger partial charge in [-0.25, -0.2) is 4.39 Å². The smallest absolute Gasteiger partial charge is 0.254 e. The van der Waals surface area contributed by atoms with Gasteiger partial charge in [0.25, 0.3) is 5.91 Å². The maximum atomic E-state index is 13.8. The zero-order valence-corrected chi connectivity index (χ0v) is 21.4. The number of halogens is 1. The van der Waals surface area contributed by atoms with Gasteiger partial charge in [-0.15, -0.1) is 0 Å². The van der Waals surface area contributed by atoms with E-state index in [4.69, 9.17) is 4.74 Å². The highest BCUT2D eigenvalue weighted by Crippen LogP contribution is 2.42. The quantitative estimate of drug-likeness (QED) is 0.383. The van der Waals surface area contributed by atoms with Crippen LogP contribution in [0.1, 0.15) is 46.8 Å². The second-order valence-electron chi connectivity index (χ2n) is 9.11. The van der Waals surface area contributed by atoms with Gasteiger partial charge in [-0.05, 0) is 54.8 Å². The molecule has 0 aliphatic carbocycles. The maximum absolute atomic E-state index is 13.8. The summed E-state index contributed by atoms with van der Waals surface area (Å²) < 4.78 is 19.0. The molecule has 1 aliphatic heterocycles. The summed E-state index contributed by atoms with van der Waals surface area (Å²) in [6.45, 7) is 4.94. The molecule has 1 heterocycles. The van der Waals surface area contributed by atoms with Crippen LogP contribution in [-0.2, 0) is 9.53 Å². The van der Waals surface area contributed by atoms with Crippen molar-refractivity contribution in [2.45, 2.75) is 25.3 Å². The Morgan fingerprint density at radius 2 is 1.73 bits per heavy atom. The SMILES string of the molecule is CCN(CCCNC(=O)[C@H]1c2ccccc2C(=O)N(CCOC)[C@H]1c1ccc(F)cc1)c1ccccc1. The van der Waals surface area contributed by atoms with E-state index in [2.05, 4.69) is 29.3 Å². The van der Waals surface area contributed by atoms with E-state index in [0.29, 0.717) is 36.4 Å². The van der Waals surface area contributed by atoms with Crippen molar-refractivity contribution in [1.82, 2.24) is 10.2 Å². The number of carbonyl (C=O) groups excluding carboxylic acids is 2. The Morgan fingerprint density at radius 3 is 2.43 bits per heavy atom. The average molecular weight is 504 g/mol. The molecule has 0 saturated heterocycles. The van der Waals surface area contributed by atoms with Crippen LogP contribution in [-0.4, -0.2) is 56.6 Å². The van der Waals surface area contributed by atoms with Gasteiger partial charge in [0.05, 0.1) is 18.6 Å². The molecule has 3 aromatic carbocycles. The number of benzene rings is 3. The fourth-order valence-electron chi connectivity index (χ4n) is 5.04. The third-order valence-electron chi connectivity index (χ3n) is 6.88. The molecular formula is C30H34FN3O3. The Hall–Kier alpha value is -3.71. The highest BCUT2D eigenvalue weighted by atomic mass is 19.1. The van der Waals surface area contributed by atoms with Crippen molar-refractivity contribution in [2.24, 2.45) is 0 Å². The van der Waals surface area contributed by atoms with E-state index in [1.165, 1.54) is 12.1 Å². The van der Waals surface area contributed by atoms with Gasteiger partial charge in [0, 0.05) is 44.5 Å². The first-order chi connectivity index (χ1) is 18.0. The highest BCUT2D eigenvalue weighted by Gasteiger charge is 2.43. The minimum Gasteiger partial charge on any atom is -0.383 e. The van der Waals surface area contributed by atoms with Crippen molar-refractivity contribution in [3.63, 3.8) is 0 Å². The van der Waals surface area contributed by atoms with Crippen LogP contribution in [0.25, 0.3) is 0 Å². The van der Waals surface area contributed by atoms with Gasteiger partial charge in [0.15, 0.2) is 0 Å². The predicted molar refractivity (Wildman–Crippen MR) is 143 cm³/mol. The number of amides is 2. The van der Waals surface area contributed by atoms with E-state index >= 15 is 0 Å². The van der Waals surface area contributed by atoms with Crippen LogP contribution in [0, 0.1) is 5.82 Å². The molecule has 1 aliphatic rings. The minimum absolute atomic E-state index is 0.153. The Balaban J connectivity index is 1.57. The van der Waals surface area contributed by atoms with Crippen LogP contribution in [0.5, 0.6) is 0 Å². The number of anilines is 1. The van der Waals surface area contributed by atoms with Crippen LogP contribution in [0.15, 0.2) is 78.9 Å². The second-order valence-corrected chi connectivity index (χ2v) is 9.11. The van der Waals surface area contributed by atoms with Crippen LogP contribution in [0.3, 0.4) is 0 Å². The van der Waals surface area contributed by atoms with Crippen LogP contribution in [0.2, 0.25) is 0 Å². The molecule has 3 aromatic rings. The number of hydrogen-bond donors (Lipinski definition) is 1. The molecule has 0 saturated carbocycles. The number of rotatable bonds is 11. The van der Waals surface area contributed by atoms with Crippen molar-refractivity contribution in [2.75, 3.05) is 44.8 Å². The molecule has 37 heavy (non-hydrogen) atoms. The molecular weight excluding hydrogens is 469 g/mol. The van der Waals surface area contributed by atoms with Gasteiger partial charge < -0.3 is 19.9 Å².